The molecule has 0 amide bonds. The van der Waals surface area contributed by atoms with E-state index in [0.29, 0.717) is 0 Å². The molecule has 0 bridgehead atoms. The second-order valence-corrected chi connectivity index (χ2v) is 6.99. The first-order valence-corrected chi connectivity index (χ1v) is 9.21. The number of hydrogen-bond acceptors (Lipinski definition) is 2. The van der Waals surface area contributed by atoms with Crippen LogP contribution in [-0.2, 0) is 12.0 Å². The summed E-state index contributed by atoms with van der Waals surface area (Å²) in [6.45, 7) is 4.62. The number of rotatable bonds is 6. The summed E-state index contributed by atoms with van der Waals surface area (Å²) in [4.78, 5) is 4.37. The van der Waals surface area contributed by atoms with Crippen molar-refractivity contribution < 1.29 is 0 Å². The Labute approximate surface area is 173 Å². The molecule has 1 fully saturated rings. The molecule has 0 aliphatic heterocycles. The highest BCUT2D eigenvalue weighted by molar-refractivity contribution is 14.0. The van der Waals surface area contributed by atoms with Crippen LogP contribution < -0.4 is 10.6 Å². The number of aryl methyl sites for hydroxylation is 1. The molecule has 1 aromatic heterocycles. The quantitative estimate of drug-likeness (QED) is 0.389. The van der Waals surface area contributed by atoms with Crippen LogP contribution in [0.1, 0.15) is 36.8 Å². The van der Waals surface area contributed by atoms with Gasteiger partial charge in [-0.05, 0) is 30.9 Å². The van der Waals surface area contributed by atoms with Gasteiger partial charge in [0.1, 0.15) is 0 Å². The topological polar surface area (TPSA) is 54.2 Å². The number of aliphatic imine (C=N–C) groups is 1. The molecular formula is C20H30IN5. The smallest absolute Gasteiger partial charge is 0.191 e. The maximum Gasteiger partial charge on any atom is 0.191 e. The van der Waals surface area contributed by atoms with Gasteiger partial charge in [-0.1, -0.05) is 43.2 Å². The minimum atomic E-state index is 0. The molecule has 1 aliphatic carbocycles. The van der Waals surface area contributed by atoms with Crippen LogP contribution >= 0.6 is 24.0 Å². The van der Waals surface area contributed by atoms with Crippen LogP contribution in [0.3, 0.4) is 0 Å². The molecule has 0 atom stereocenters. The molecule has 1 saturated carbocycles. The molecular weight excluding hydrogens is 437 g/mol. The summed E-state index contributed by atoms with van der Waals surface area (Å²) in [5, 5.41) is 11.3. The maximum absolute atomic E-state index is 4.37. The molecule has 0 unspecified atom stereocenters. The third-order valence-electron chi connectivity index (χ3n) is 5.16. The number of nitrogens with one attached hydrogen (secondary N) is 2. The summed E-state index contributed by atoms with van der Waals surface area (Å²) in [5.74, 6) is 0.867. The second-order valence-electron chi connectivity index (χ2n) is 6.99. The van der Waals surface area contributed by atoms with Gasteiger partial charge in [-0.15, -0.1) is 24.0 Å². The Balaban J connectivity index is 0.00000243. The zero-order valence-electron chi connectivity index (χ0n) is 15.7. The lowest BCUT2D eigenvalue weighted by molar-refractivity contribution is 0.431. The van der Waals surface area contributed by atoms with Crippen molar-refractivity contribution in [3.8, 4) is 0 Å². The van der Waals surface area contributed by atoms with Crippen molar-refractivity contribution in [3.63, 3.8) is 0 Å². The van der Waals surface area contributed by atoms with E-state index in [1.54, 1.807) is 0 Å². The maximum atomic E-state index is 4.37. The van der Waals surface area contributed by atoms with Gasteiger partial charge in [-0.3, -0.25) is 9.67 Å². The van der Waals surface area contributed by atoms with Crippen molar-refractivity contribution in [2.45, 2.75) is 44.6 Å². The highest BCUT2D eigenvalue weighted by Gasteiger charge is 2.35. The van der Waals surface area contributed by atoms with Crippen molar-refractivity contribution >= 4 is 29.9 Å². The number of nitrogens with zero attached hydrogens (tertiary/aromatic N) is 3. The van der Waals surface area contributed by atoms with Gasteiger partial charge in [0.2, 0.25) is 0 Å². The fourth-order valence-corrected chi connectivity index (χ4v) is 3.76. The van der Waals surface area contributed by atoms with Crippen LogP contribution in [0.15, 0.2) is 47.7 Å². The zero-order chi connectivity index (χ0) is 17.5. The fraction of sp³-hybridized carbons (Fsp3) is 0.500. The number of hydrogen-bond donors (Lipinski definition) is 2. The summed E-state index contributed by atoms with van der Waals surface area (Å²) < 4.78 is 1.96. The monoisotopic (exact) mass is 467 g/mol. The van der Waals surface area contributed by atoms with Crippen molar-refractivity contribution in [3.05, 3.63) is 53.9 Å². The van der Waals surface area contributed by atoms with Gasteiger partial charge in [0.15, 0.2) is 5.96 Å². The van der Waals surface area contributed by atoms with Crippen molar-refractivity contribution in [1.29, 1.82) is 0 Å². The molecule has 0 saturated heterocycles. The van der Waals surface area contributed by atoms with Gasteiger partial charge >= 0.3 is 0 Å². The summed E-state index contributed by atoms with van der Waals surface area (Å²) in [6, 6.07) is 10.9. The molecule has 5 nitrogen and oxygen atoms in total. The summed E-state index contributed by atoms with van der Waals surface area (Å²) in [7, 11) is 1.83. The normalized spacial score (nSPS) is 16.2. The Bertz CT molecular complexity index is 689. The minimum absolute atomic E-state index is 0. The standard InChI is InChI=1S/C20H29N5.HI/c1-17-14-24-25(15-17)13-12-22-19(21-2)23-16-20(10-6-7-11-20)18-8-4-3-5-9-18;/h3-5,8-9,14-15H,6-7,10-13,16H2,1-2H3,(H2,21,22,23);1H. The zero-order valence-corrected chi connectivity index (χ0v) is 18.1. The summed E-state index contributed by atoms with van der Waals surface area (Å²) in [5.41, 5.74) is 2.87. The van der Waals surface area contributed by atoms with Crippen LogP contribution in [0.5, 0.6) is 0 Å². The van der Waals surface area contributed by atoms with Gasteiger partial charge in [0.25, 0.3) is 0 Å². The third kappa shape index (κ3) is 5.22. The molecule has 2 N–H and O–H groups in total. The fourth-order valence-electron chi connectivity index (χ4n) is 3.76. The summed E-state index contributed by atoms with van der Waals surface area (Å²) >= 11 is 0. The molecule has 6 heteroatoms. The lowest BCUT2D eigenvalue weighted by Gasteiger charge is -2.30. The number of aromatic nitrogens is 2. The first-order chi connectivity index (χ1) is 12.2. The van der Waals surface area contributed by atoms with Gasteiger partial charge in [-0.2, -0.15) is 5.10 Å². The van der Waals surface area contributed by atoms with E-state index in [4.69, 9.17) is 0 Å². The van der Waals surface area contributed by atoms with Crippen LogP contribution in [0.25, 0.3) is 0 Å². The predicted molar refractivity (Wildman–Crippen MR) is 118 cm³/mol. The Hall–Kier alpha value is -1.57. The SMILES string of the molecule is CN=C(NCCn1cc(C)cn1)NCC1(c2ccccc2)CCCC1.I. The van der Waals surface area contributed by atoms with E-state index in [1.165, 1.54) is 36.8 Å². The average molecular weight is 467 g/mol. The molecule has 0 radical (unpaired) electrons. The highest BCUT2D eigenvalue weighted by atomic mass is 127. The van der Waals surface area contributed by atoms with Gasteiger partial charge in [-0.25, -0.2) is 0 Å². The molecule has 2 aromatic rings. The van der Waals surface area contributed by atoms with Crippen molar-refractivity contribution in [2.24, 2.45) is 4.99 Å². The van der Waals surface area contributed by atoms with E-state index >= 15 is 0 Å². The molecule has 1 aromatic carbocycles. The van der Waals surface area contributed by atoms with Crippen LogP contribution in [-0.4, -0.2) is 35.9 Å². The first-order valence-electron chi connectivity index (χ1n) is 9.21. The van der Waals surface area contributed by atoms with E-state index in [1.807, 2.05) is 17.9 Å². The highest BCUT2D eigenvalue weighted by Crippen LogP contribution is 2.40. The van der Waals surface area contributed by atoms with Crippen molar-refractivity contribution in [2.75, 3.05) is 20.1 Å². The van der Waals surface area contributed by atoms with Gasteiger partial charge in [0, 0.05) is 31.7 Å². The predicted octanol–water partition coefficient (Wildman–Crippen LogP) is 3.49. The van der Waals surface area contributed by atoms with E-state index < -0.39 is 0 Å². The Morgan fingerprint density at radius 3 is 2.54 bits per heavy atom. The number of benzene rings is 1. The Morgan fingerprint density at radius 1 is 1.19 bits per heavy atom. The van der Waals surface area contributed by atoms with E-state index in [0.717, 1.165) is 25.6 Å². The van der Waals surface area contributed by atoms with Crippen LogP contribution in [0.2, 0.25) is 0 Å². The molecule has 1 heterocycles. The third-order valence-corrected chi connectivity index (χ3v) is 5.16. The lowest BCUT2D eigenvalue weighted by atomic mass is 9.79. The van der Waals surface area contributed by atoms with E-state index in [2.05, 4.69) is 64.2 Å². The van der Waals surface area contributed by atoms with Gasteiger partial charge in [0.05, 0.1) is 12.7 Å². The molecule has 26 heavy (non-hydrogen) atoms. The molecule has 142 valence electrons. The Kier molecular flexibility index (Phi) is 7.93. The first kappa shape index (κ1) is 20.7. The Morgan fingerprint density at radius 2 is 1.92 bits per heavy atom. The van der Waals surface area contributed by atoms with Crippen LogP contribution in [0, 0.1) is 6.92 Å². The molecule has 3 rings (SSSR count). The second kappa shape index (κ2) is 9.94. The largest absolute Gasteiger partial charge is 0.356 e. The van der Waals surface area contributed by atoms with Gasteiger partial charge < -0.3 is 10.6 Å². The number of guanidine groups is 1. The summed E-state index contributed by atoms with van der Waals surface area (Å²) in [6.07, 6.45) is 9.04. The lowest BCUT2D eigenvalue weighted by Crippen LogP contribution is -2.45. The van der Waals surface area contributed by atoms with E-state index in [9.17, 15) is 0 Å². The number of halogens is 1. The molecule has 0 spiro atoms. The average Bonchev–Trinajstić information content (AvgIpc) is 3.28. The van der Waals surface area contributed by atoms with Crippen molar-refractivity contribution in [1.82, 2.24) is 20.4 Å². The van der Waals surface area contributed by atoms with E-state index in [-0.39, 0.29) is 29.4 Å². The van der Waals surface area contributed by atoms with Crippen LogP contribution in [0.4, 0.5) is 0 Å². The minimum Gasteiger partial charge on any atom is -0.356 e. The molecule has 1 aliphatic rings.